The predicted octanol–water partition coefficient (Wildman–Crippen LogP) is 0.780. The molecule has 1 fully saturated rings. The van der Waals surface area contributed by atoms with E-state index in [-0.39, 0.29) is 17.2 Å². The molecule has 0 aromatic heterocycles. The molecule has 0 bridgehead atoms. The van der Waals surface area contributed by atoms with Crippen LogP contribution in [0.2, 0.25) is 0 Å². The molecule has 24 heavy (non-hydrogen) atoms. The second-order valence-electron chi connectivity index (χ2n) is 5.39. The Kier molecular flexibility index (Phi) is 6.09. The van der Waals surface area contributed by atoms with E-state index in [2.05, 4.69) is 6.58 Å². The number of nitrogens with zero attached hydrogens (tertiary/aromatic N) is 1. The first-order valence-electron chi connectivity index (χ1n) is 7.75. The number of aldehydes is 1. The molecule has 0 atom stereocenters. The van der Waals surface area contributed by atoms with Gasteiger partial charge in [-0.25, -0.2) is 0 Å². The number of ether oxygens (including phenoxy) is 1. The standard InChI is InChI=1S/C19H21NO4/c1-3-18(22)17(13-21)16-6-4-15(12-14(16)2)5-7-19(23)20-8-10-24-11-9-20/h3-7,12-13,22H,2,8-11H2,1H3/b7-5+,17-16-,18-3+. The highest BCUT2D eigenvalue weighted by Crippen LogP contribution is 2.04. The average Bonchev–Trinajstić information content (AvgIpc) is 2.62. The Labute approximate surface area is 140 Å². The van der Waals surface area contributed by atoms with Crippen molar-refractivity contribution in [3.63, 3.8) is 0 Å². The van der Waals surface area contributed by atoms with Gasteiger partial charge in [-0.3, -0.25) is 9.59 Å². The van der Waals surface area contributed by atoms with Crippen molar-refractivity contribution >= 4 is 30.4 Å². The van der Waals surface area contributed by atoms with Crippen LogP contribution < -0.4 is 10.4 Å². The van der Waals surface area contributed by atoms with Crippen LogP contribution in [0.15, 0.2) is 36.1 Å². The summed E-state index contributed by atoms with van der Waals surface area (Å²) >= 11 is 0. The van der Waals surface area contributed by atoms with Gasteiger partial charge in [-0.1, -0.05) is 18.7 Å². The molecule has 0 unspecified atom stereocenters. The van der Waals surface area contributed by atoms with Crippen molar-refractivity contribution in [3.05, 3.63) is 52.1 Å². The average molecular weight is 327 g/mol. The van der Waals surface area contributed by atoms with E-state index < -0.39 is 0 Å². The molecule has 1 aliphatic rings. The third-order valence-corrected chi connectivity index (χ3v) is 3.83. The summed E-state index contributed by atoms with van der Waals surface area (Å²) in [4.78, 5) is 25.0. The summed E-state index contributed by atoms with van der Waals surface area (Å²) in [6.45, 7) is 7.90. The van der Waals surface area contributed by atoms with E-state index in [0.717, 1.165) is 5.56 Å². The lowest BCUT2D eigenvalue weighted by molar-refractivity contribution is -0.129. The van der Waals surface area contributed by atoms with Crippen LogP contribution in [0.4, 0.5) is 0 Å². The number of allylic oxidation sites excluding steroid dienone is 2. The van der Waals surface area contributed by atoms with Crippen LogP contribution in [0, 0.1) is 0 Å². The maximum atomic E-state index is 12.1. The quantitative estimate of drug-likeness (QED) is 0.504. The molecule has 0 aliphatic carbocycles. The van der Waals surface area contributed by atoms with Crippen LogP contribution in [0.25, 0.3) is 18.2 Å². The molecule has 1 saturated heterocycles. The van der Waals surface area contributed by atoms with Gasteiger partial charge in [0.05, 0.1) is 18.8 Å². The Morgan fingerprint density at radius 2 is 2.04 bits per heavy atom. The van der Waals surface area contributed by atoms with Crippen molar-refractivity contribution in [1.29, 1.82) is 0 Å². The first-order chi connectivity index (χ1) is 11.6. The van der Waals surface area contributed by atoms with E-state index in [1.54, 1.807) is 36.1 Å². The van der Waals surface area contributed by atoms with Crippen molar-refractivity contribution in [2.75, 3.05) is 26.3 Å². The lowest BCUT2D eigenvalue weighted by Crippen LogP contribution is -2.39. The van der Waals surface area contributed by atoms with Crippen molar-refractivity contribution in [2.24, 2.45) is 0 Å². The number of amides is 1. The van der Waals surface area contributed by atoms with Gasteiger partial charge in [0, 0.05) is 19.2 Å². The number of aliphatic hydroxyl groups is 1. The van der Waals surface area contributed by atoms with Gasteiger partial charge in [-0.2, -0.15) is 0 Å². The minimum absolute atomic E-state index is 0.0558. The second kappa shape index (κ2) is 8.26. The molecular formula is C19H21NO4. The molecule has 2 rings (SSSR count). The highest BCUT2D eigenvalue weighted by molar-refractivity contribution is 6.05. The zero-order valence-electron chi connectivity index (χ0n) is 13.7. The third-order valence-electron chi connectivity index (χ3n) is 3.83. The number of carbonyl (C=O) groups is 2. The molecule has 1 aromatic rings. The summed E-state index contributed by atoms with van der Waals surface area (Å²) in [5.41, 5.74) is 0.998. The van der Waals surface area contributed by atoms with Gasteiger partial charge in [0.15, 0.2) is 6.29 Å². The smallest absolute Gasteiger partial charge is 0.246 e. The lowest BCUT2D eigenvalue weighted by atomic mass is 10.1. The zero-order valence-corrected chi connectivity index (χ0v) is 13.7. The molecule has 5 nitrogen and oxygen atoms in total. The molecule has 0 radical (unpaired) electrons. The Bertz CT molecular complexity index is 786. The molecule has 5 heteroatoms. The van der Waals surface area contributed by atoms with Gasteiger partial charge in [0.2, 0.25) is 5.91 Å². The summed E-state index contributed by atoms with van der Waals surface area (Å²) in [5, 5.41) is 10.9. The number of hydrogen-bond donors (Lipinski definition) is 1. The van der Waals surface area contributed by atoms with E-state index >= 15 is 0 Å². The number of morpholine rings is 1. The van der Waals surface area contributed by atoms with E-state index in [4.69, 9.17) is 4.74 Å². The first kappa shape index (κ1) is 17.7. The molecule has 1 N–H and O–H groups in total. The molecule has 1 aliphatic heterocycles. The van der Waals surface area contributed by atoms with Gasteiger partial charge < -0.3 is 14.7 Å². The summed E-state index contributed by atoms with van der Waals surface area (Å²) in [6, 6.07) is 5.26. The number of hydrogen-bond acceptors (Lipinski definition) is 4. The Balaban J connectivity index is 2.25. The number of rotatable bonds is 4. The molecule has 0 saturated carbocycles. The Morgan fingerprint density at radius 3 is 2.62 bits per heavy atom. The minimum atomic E-state index is -0.0827. The van der Waals surface area contributed by atoms with Crippen LogP contribution in [0.3, 0.4) is 0 Å². The fourth-order valence-electron chi connectivity index (χ4n) is 2.45. The van der Waals surface area contributed by atoms with Gasteiger partial charge in [0.25, 0.3) is 0 Å². The normalized spacial score (nSPS) is 17.0. The van der Waals surface area contributed by atoms with Crippen LogP contribution in [-0.4, -0.2) is 48.5 Å². The van der Waals surface area contributed by atoms with Crippen LogP contribution in [0.1, 0.15) is 12.5 Å². The maximum absolute atomic E-state index is 12.1. The van der Waals surface area contributed by atoms with Gasteiger partial charge in [0.1, 0.15) is 5.76 Å². The van der Waals surface area contributed by atoms with Crippen LogP contribution >= 0.6 is 0 Å². The Morgan fingerprint density at radius 1 is 1.33 bits per heavy atom. The second-order valence-corrected chi connectivity index (χ2v) is 5.39. The fraction of sp³-hybridized carbons (Fsp3) is 0.263. The predicted molar refractivity (Wildman–Crippen MR) is 93.5 cm³/mol. The highest BCUT2D eigenvalue weighted by Gasteiger charge is 2.13. The Hall–Kier alpha value is -2.66. The summed E-state index contributed by atoms with van der Waals surface area (Å²) in [7, 11) is 0. The monoisotopic (exact) mass is 327 g/mol. The highest BCUT2D eigenvalue weighted by atomic mass is 16.5. The van der Waals surface area contributed by atoms with Crippen molar-refractivity contribution < 1.29 is 19.4 Å². The topological polar surface area (TPSA) is 66.8 Å². The van der Waals surface area contributed by atoms with E-state index in [1.807, 2.05) is 0 Å². The van der Waals surface area contributed by atoms with Gasteiger partial charge in [-0.05, 0) is 41.1 Å². The van der Waals surface area contributed by atoms with Crippen molar-refractivity contribution in [2.45, 2.75) is 6.92 Å². The molecule has 1 heterocycles. The van der Waals surface area contributed by atoms with Gasteiger partial charge >= 0.3 is 0 Å². The van der Waals surface area contributed by atoms with E-state index in [0.29, 0.717) is 43.0 Å². The zero-order chi connectivity index (χ0) is 17.5. The van der Waals surface area contributed by atoms with Gasteiger partial charge in [-0.15, -0.1) is 0 Å². The summed E-state index contributed by atoms with van der Waals surface area (Å²) < 4.78 is 5.22. The number of benzene rings is 1. The van der Waals surface area contributed by atoms with E-state index in [1.165, 1.54) is 12.2 Å². The largest absolute Gasteiger partial charge is 0.508 e. The van der Waals surface area contributed by atoms with Crippen LogP contribution in [0.5, 0.6) is 0 Å². The molecule has 0 spiro atoms. The van der Waals surface area contributed by atoms with E-state index in [9.17, 15) is 14.7 Å². The minimum Gasteiger partial charge on any atom is -0.508 e. The summed E-state index contributed by atoms with van der Waals surface area (Å²) in [5.74, 6) is -0.139. The molecule has 1 amide bonds. The van der Waals surface area contributed by atoms with Crippen LogP contribution in [-0.2, 0) is 14.3 Å². The maximum Gasteiger partial charge on any atom is 0.246 e. The molecule has 126 valence electrons. The fourth-order valence-corrected chi connectivity index (χ4v) is 2.45. The molecular weight excluding hydrogens is 306 g/mol. The lowest BCUT2D eigenvalue weighted by Gasteiger charge is -2.25. The first-order valence-corrected chi connectivity index (χ1v) is 7.75. The SMILES string of the molecule is C=c1cc(/C=C/C(=O)N2CCOCC2)cc/c1=C(C=O)/C(O)=C\C. The number of aliphatic hydroxyl groups excluding tert-OH is 1. The third kappa shape index (κ3) is 4.20. The van der Waals surface area contributed by atoms with Crippen molar-refractivity contribution in [1.82, 2.24) is 4.90 Å². The number of carbonyl (C=O) groups excluding carboxylic acids is 2. The molecule has 1 aromatic carbocycles. The summed E-state index contributed by atoms with van der Waals surface area (Å²) in [6.07, 6.45) is 5.30. The van der Waals surface area contributed by atoms with Crippen molar-refractivity contribution in [3.8, 4) is 0 Å².